The van der Waals surface area contributed by atoms with Crippen LogP contribution in [0.3, 0.4) is 0 Å². The zero-order valence-electron chi connectivity index (χ0n) is 21.0. The first kappa shape index (κ1) is 28.0. The van der Waals surface area contributed by atoms with Gasteiger partial charge in [-0.2, -0.15) is 13.2 Å². The highest BCUT2D eigenvalue weighted by Gasteiger charge is 2.44. The van der Waals surface area contributed by atoms with Gasteiger partial charge in [0.25, 0.3) is 5.91 Å². The summed E-state index contributed by atoms with van der Waals surface area (Å²) in [5.74, 6) is -0.981. The van der Waals surface area contributed by atoms with E-state index in [0.717, 1.165) is 55.6 Å². The third kappa shape index (κ3) is 7.44. The van der Waals surface area contributed by atoms with Gasteiger partial charge in [0.15, 0.2) is 0 Å². The summed E-state index contributed by atoms with van der Waals surface area (Å²) in [5.41, 5.74) is 4.10. The summed E-state index contributed by atoms with van der Waals surface area (Å²) in [6.45, 7) is 2.39. The van der Waals surface area contributed by atoms with Crippen LogP contribution in [0.15, 0.2) is 42.5 Å². The number of rotatable bonds is 10. The number of carbonyl (C=O) groups is 1. The SMILES string of the molecule is CN(C)CCNCc1cccc(CC(O)(C(=O)Nc2ccc(N)c(C(F)(F)F)c2)C2CCCCC2)c1. The first-order chi connectivity index (χ1) is 17.0. The molecule has 0 saturated heterocycles. The number of anilines is 2. The van der Waals surface area contributed by atoms with Crippen LogP contribution in [0.1, 0.15) is 48.8 Å². The Bertz CT molecular complexity index is 1020. The van der Waals surface area contributed by atoms with Gasteiger partial charge in [-0.05, 0) is 62.2 Å². The molecule has 9 heteroatoms. The smallest absolute Gasteiger partial charge is 0.398 e. The van der Waals surface area contributed by atoms with Crippen molar-refractivity contribution in [3.8, 4) is 0 Å². The van der Waals surface area contributed by atoms with Gasteiger partial charge in [0.2, 0.25) is 0 Å². The third-order valence-electron chi connectivity index (χ3n) is 6.82. The van der Waals surface area contributed by atoms with Crippen molar-refractivity contribution in [3.63, 3.8) is 0 Å². The molecule has 1 aliphatic carbocycles. The zero-order chi connectivity index (χ0) is 26.3. The molecule has 0 radical (unpaired) electrons. The first-order valence-electron chi connectivity index (χ1n) is 12.4. The number of nitrogens with zero attached hydrogens (tertiary/aromatic N) is 1. The molecule has 1 atom stereocenters. The number of alkyl halides is 3. The largest absolute Gasteiger partial charge is 0.418 e. The Hall–Kier alpha value is -2.62. The highest BCUT2D eigenvalue weighted by Crippen LogP contribution is 2.38. The Kier molecular flexibility index (Phi) is 9.38. The van der Waals surface area contributed by atoms with Crippen molar-refractivity contribution in [1.82, 2.24) is 10.2 Å². The molecule has 3 rings (SSSR count). The predicted octanol–water partition coefficient (Wildman–Crippen LogP) is 4.43. The molecule has 36 heavy (non-hydrogen) atoms. The minimum absolute atomic E-state index is 0.0467. The van der Waals surface area contributed by atoms with E-state index in [1.807, 2.05) is 38.4 Å². The quantitative estimate of drug-likeness (QED) is 0.283. The van der Waals surface area contributed by atoms with Crippen LogP contribution < -0.4 is 16.4 Å². The molecule has 2 aromatic carbocycles. The summed E-state index contributed by atoms with van der Waals surface area (Å²) >= 11 is 0. The minimum atomic E-state index is -4.65. The number of nitrogens with two attached hydrogens (primary N) is 1. The third-order valence-corrected chi connectivity index (χ3v) is 6.82. The maximum atomic E-state index is 13.5. The van der Waals surface area contributed by atoms with Gasteiger partial charge in [-0.15, -0.1) is 0 Å². The van der Waals surface area contributed by atoms with Crippen LogP contribution in [0.5, 0.6) is 0 Å². The molecule has 5 N–H and O–H groups in total. The summed E-state index contributed by atoms with van der Waals surface area (Å²) in [7, 11) is 4.02. The second-order valence-corrected chi connectivity index (χ2v) is 9.99. The molecule has 1 unspecified atom stereocenters. The number of likely N-dealkylation sites (N-methyl/N-ethyl adjacent to an activating group) is 1. The maximum absolute atomic E-state index is 13.5. The Balaban J connectivity index is 1.81. The lowest BCUT2D eigenvalue weighted by Crippen LogP contribution is -2.51. The fraction of sp³-hybridized carbons (Fsp3) is 0.519. The Morgan fingerprint density at radius 2 is 1.78 bits per heavy atom. The average molecular weight is 507 g/mol. The number of nitrogen functional groups attached to an aromatic ring is 1. The van der Waals surface area contributed by atoms with E-state index in [2.05, 4.69) is 15.5 Å². The van der Waals surface area contributed by atoms with Gasteiger partial charge in [0, 0.05) is 37.4 Å². The van der Waals surface area contributed by atoms with E-state index in [4.69, 9.17) is 5.73 Å². The molecule has 198 valence electrons. The van der Waals surface area contributed by atoms with Gasteiger partial charge in [0.1, 0.15) is 5.60 Å². The van der Waals surface area contributed by atoms with Gasteiger partial charge in [-0.1, -0.05) is 43.5 Å². The Morgan fingerprint density at radius 1 is 1.08 bits per heavy atom. The molecule has 2 aromatic rings. The van der Waals surface area contributed by atoms with E-state index in [9.17, 15) is 23.1 Å². The van der Waals surface area contributed by atoms with Crippen LogP contribution in [-0.2, 0) is 23.9 Å². The van der Waals surface area contributed by atoms with Gasteiger partial charge < -0.3 is 26.4 Å². The molecule has 1 aliphatic rings. The predicted molar refractivity (Wildman–Crippen MR) is 136 cm³/mol. The first-order valence-corrected chi connectivity index (χ1v) is 12.4. The number of hydrogen-bond donors (Lipinski definition) is 4. The number of carbonyl (C=O) groups excluding carboxylic acids is 1. The highest BCUT2D eigenvalue weighted by molar-refractivity contribution is 5.98. The van der Waals surface area contributed by atoms with Crippen molar-refractivity contribution in [3.05, 3.63) is 59.2 Å². The van der Waals surface area contributed by atoms with Crippen LogP contribution in [-0.4, -0.2) is 48.7 Å². The number of amides is 1. The van der Waals surface area contributed by atoms with Crippen molar-refractivity contribution >= 4 is 17.3 Å². The number of halogens is 3. The molecule has 0 spiro atoms. The summed E-state index contributed by atoms with van der Waals surface area (Å²) in [4.78, 5) is 15.5. The van der Waals surface area contributed by atoms with Crippen molar-refractivity contribution in [2.24, 2.45) is 5.92 Å². The van der Waals surface area contributed by atoms with Gasteiger partial charge in [0.05, 0.1) is 5.56 Å². The van der Waals surface area contributed by atoms with Crippen molar-refractivity contribution in [2.45, 2.75) is 56.8 Å². The van der Waals surface area contributed by atoms with E-state index in [-0.39, 0.29) is 18.0 Å². The topological polar surface area (TPSA) is 90.6 Å². The lowest BCUT2D eigenvalue weighted by atomic mass is 9.73. The standard InChI is InChI=1S/C27H37F3N4O2/c1-34(2)14-13-32-18-20-8-6-7-19(15-20)17-26(36,21-9-4-3-5-10-21)25(35)33-22-11-12-24(31)23(16-22)27(28,29)30/h6-8,11-12,15-16,21,32,36H,3-5,9-10,13-14,17-18,31H2,1-2H3,(H,33,35). The van der Waals surface area contributed by atoms with Gasteiger partial charge in [-0.3, -0.25) is 4.79 Å². The lowest BCUT2D eigenvalue weighted by molar-refractivity contribution is -0.142. The fourth-order valence-corrected chi connectivity index (χ4v) is 4.81. The molecule has 0 bridgehead atoms. The maximum Gasteiger partial charge on any atom is 0.418 e. The van der Waals surface area contributed by atoms with Crippen LogP contribution in [0.4, 0.5) is 24.5 Å². The van der Waals surface area contributed by atoms with Crippen LogP contribution >= 0.6 is 0 Å². The van der Waals surface area contributed by atoms with Crippen molar-refractivity contribution in [1.29, 1.82) is 0 Å². The molecule has 0 aliphatic heterocycles. The van der Waals surface area contributed by atoms with Crippen LogP contribution in [0, 0.1) is 5.92 Å². The molecule has 1 amide bonds. The Labute approximate surface area is 211 Å². The zero-order valence-corrected chi connectivity index (χ0v) is 21.0. The molecule has 1 fully saturated rings. The number of hydrogen-bond acceptors (Lipinski definition) is 5. The molecular formula is C27H37F3N4O2. The average Bonchev–Trinajstić information content (AvgIpc) is 2.83. The second kappa shape index (κ2) is 12.1. The van der Waals surface area contributed by atoms with E-state index in [1.54, 1.807) is 0 Å². The molecular weight excluding hydrogens is 469 g/mol. The molecule has 0 heterocycles. The van der Waals surface area contributed by atoms with Gasteiger partial charge >= 0.3 is 6.18 Å². The summed E-state index contributed by atoms with van der Waals surface area (Å²) in [6, 6.07) is 11.0. The van der Waals surface area contributed by atoms with Crippen molar-refractivity contribution < 1.29 is 23.1 Å². The van der Waals surface area contributed by atoms with Crippen LogP contribution in [0.25, 0.3) is 0 Å². The molecule has 0 aromatic heterocycles. The lowest BCUT2D eigenvalue weighted by Gasteiger charge is -2.37. The monoisotopic (exact) mass is 506 g/mol. The van der Waals surface area contributed by atoms with E-state index in [1.165, 1.54) is 6.07 Å². The van der Waals surface area contributed by atoms with E-state index >= 15 is 0 Å². The summed E-state index contributed by atoms with van der Waals surface area (Å²) in [5, 5.41) is 17.7. The Morgan fingerprint density at radius 3 is 2.44 bits per heavy atom. The van der Waals surface area contributed by atoms with E-state index in [0.29, 0.717) is 19.4 Å². The summed E-state index contributed by atoms with van der Waals surface area (Å²) < 4.78 is 40.0. The van der Waals surface area contributed by atoms with Crippen molar-refractivity contribution in [2.75, 3.05) is 38.2 Å². The summed E-state index contributed by atoms with van der Waals surface area (Å²) in [6.07, 6.45) is -0.361. The fourth-order valence-electron chi connectivity index (χ4n) is 4.81. The van der Waals surface area contributed by atoms with E-state index < -0.39 is 28.9 Å². The molecule has 6 nitrogen and oxygen atoms in total. The molecule has 1 saturated carbocycles. The normalized spacial score (nSPS) is 16.6. The number of aliphatic hydroxyl groups is 1. The van der Waals surface area contributed by atoms with Crippen LogP contribution in [0.2, 0.25) is 0 Å². The number of nitrogens with one attached hydrogen (secondary N) is 2. The number of benzene rings is 2. The second-order valence-electron chi connectivity index (χ2n) is 9.99. The van der Waals surface area contributed by atoms with Gasteiger partial charge in [-0.25, -0.2) is 0 Å². The highest BCUT2D eigenvalue weighted by atomic mass is 19.4. The minimum Gasteiger partial charge on any atom is -0.398 e.